The Kier molecular flexibility index (Phi) is 1.76. The van der Waals surface area contributed by atoms with Crippen LogP contribution >= 0.6 is 0 Å². The lowest BCUT2D eigenvalue weighted by Gasteiger charge is -2.20. The van der Waals surface area contributed by atoms with E-state index < -0.39 is 0 Å². The number of aromatic nitrogens is 1. The van der Waals surface area contributed by atoms with Crippen LogP contribution in [-0.2, 0) is 6.42 Å². The number of hydrogen-bond acceptors (Lipinski definition) is 2. The second-order valence-corrected chi connectivity index (χ2v) is 4.17. The summed E-state index contributed by atoms with van der Waals surface area (Å²) in [5.41, 5.74) is 3.70. The maximum absolute atomic E-state index is 9.42. The first-order valence-electron chi connectivity index (χ1n) is 5.32. The standard InChI is InChI=1S/C12H14N2O/c1-7-12-10(4-5-13-7)9-3-2-8(15)6-11(9)14-12/h2-3,6-7,13-15H,4-5H2,1H3/t7-/m0/s1. The van der Waals surface area contributed by atoms with E-state index in [1.54, 1.807) is 12.1 Å². The minimum Gasteiger partial charge on any atom is -0.508 e. The first-order chi connectivity index (χ1) is 7.25. The summed E-state index contributed by atoms with van der Waals surface area (Å²) in [5.74, 6) is 0.321. The largest absolute Gasteiger partial charge is 0.508 e. The summed E-state index contributed by atoms with van der Waals surface area (Å²) in [7, 11) is 0. The Bertz CT molecular complexity index is 516. The van der Waals surface area contributed by atoms with E-state index in [1.165, 1.54) is 16.6 Å². The monoisotopic (exact) mass is 202 g/mol. The third kappa shape index (κ3) is 1.23. The Labute approximate surface area is 88.1 Å². The molecule has 3 nitrogen and oxygen atoms in total. The Hall–Kier alpha value is -1.48. The van der Waals surface area contributed by atoms with Gasteiger partial charge in [0.15, 0.2) is 0 Å². The van der Waals surface area contributed by atoms with Crippen molar-refractivity contribution in [2.75, 3.05) is 6.54 Å². The van der Waals surface area contributed by atoms with Gasteiger partial charge >= 0.3 is 0 Å². The highest BCUT2D eigenvalue weighted by Crippen LogP contribution is 2.31. The van der Waals surface area contributed by atoms with Crippen LogP contribution in [0, 0.1) is 0 Å². The van der Waals surface area contributed by atoms with Crippen molar-refractivity contribution in [2.45, 2.75) is 19.4 Å². The van der Waals surface area contributed by atoms with E-state index in [2.05, 4.69) is 17.2 Å². The zero-order valence-electron chi connectivity index (χ0n) is 8.67. The number of nitrogens with one attached hydrogen (secondary N) is 2. The van der Waals surface area contributed by atoms with E-state index in [1.807, 2.05) is 6.07 Å². The fraction of sp³-hybridized carbons (Fsp3) is 0.333. The molecule has 3 heteroatoms. The fourth-order valence-electron chi connectivity index (χ4n) is 2.42. The van der Waals surface area contributed by atoms with Gasteiger partial charge in [-0.15, -0.1) is 0 Å². The minimum atomic E-state index is 0.321. The van der Waals surface area contributed by atoms with Gasteiger partial charge in [0, 0.05) is 28.7 Å². The van der Waals surface area contributed by atoms with Gasteiger partial charge in [0.25, 0.3) is 0 Å². The number of phenols is 1. The molecule has 0 spiro atoms. The fourth-order valence-corrected chi connectivity index (χ4v) is 2.42. The van der Waals surface area contributed by atoms with Gasteiger partial charge in [-0.3, -0.25) is 0 Å². The first-order valence-corrected chi connectivity index (χ1v) is 5.32. The highest BCUT2D eigenvalue weighted by molar-refractivity contribution is 5.86. The van der Waals surface area contributed by atoms with Crippen LogP contribution in [0.15, 0.2) is 18.2 Å². The summed E-state index contributed by atoms with van der Waals surface area (Å²) in [4.78, 5) is 3.38. The van der Waals surface area contributed by atoms with Crippen molar-refractivity contribution < 1.29 is 5.11 Å². The first kappa shape index (κ1) is 8.80. The average molecular weight is 202 g/mol. The molecule has 2 heterocycles. The highest BCUT2D eigenvalue weighted by Gasteiger charge is 2.20. The summed E-state index contributed by atoms with van der Waals surface area (Å²) in [6.07, 6.45) is 1.06. The van der Waals surface area contributed by atoms with Crippen molar-refractivity contribution in [3.05, 3.63) is 29.5 Å². The van der Waals surface area contributed by atoms with Crippen LogP contribution in [0.2, 0.25) is 0 Å². The van der Waals surface area contributed by atoms with Gasteiger partial charge in [-0.1, -0.05) is 0 Å². The molecule has 1 aromatic carbocycles. The van der Waals surface area contributed by atoms with Crippen LogP contribution in [0.25, 0.3) is 10.9 Å². The molecular weight excluding hydrogens is 188 g/mol. The lowest BCUT2D eigenvalue weighted by atomic mass is 10.0. The van der Waals surface area contributed by atoms with Crippen molar-refractivity contribution >= 4 is 10.9 Å². The molecular formula is C12H14N2O. The summed E-state index contributed by atoms with van der Waals surface area (Å²) < 4.78 is 0. The molecule has 0 fully saturated rings. The third-order valence-corrected chi connectivity index (χ3v) is 3.18. The van der Waals surface area contributed by atoms with E-state index in [4.69, 9.17) is 0 Å². The van der Waals surface area contributed by atoms with Crippen LogP contribution in [0.3, 0.4) is 0 Å². The van der Waals surface area contributed by atoms with Crippen LogP contribution < -0.4 is 5.32 Å². The molecule has 1 aromatic heterocycles. The lowest BCUT2D eigenvalue weighted by molar-refractivity contribution is 0.476. The number of aromatic hydroxyl groups is 1. The van der Waals surface area contributed by atoms with Crippen LogP contribution in [0.1, 0.15) is 24.2 Å². The van der Waals surface area contributed by atoms with Crippen molar-refractivity contribution in [3.63, 3.8) is 0 Å². The summed E-state index contributed by atoms with van der Waals surface area (Å²) >= 11 is 0. The smallest absolute Gasteiger partial charge is 0.117 e. The van der Waals surface area contributed by atoms with Crippen molar-refractivity contribution in [3.8, 4) is 5.75 Å². The second kappa shape index (κ2) is 3.00. The van der Waals surface area contributed by atoms with E-state index >= 15 is 0 Å². The van der Waals surface area contributed by atoms with Gasteiger partial charge < -0.3 is 15.4 Å². The maximum Gasteiger partial charge on any atom is 0.117 e. The minimum absolute atomic E-state index is 0.321. The quantitative estimate of drug-likeness (QED) is 0.612. The lowest BCUT2D eigenvalue weighted by Crippen LogP contribution is -2.27. The molecule has 78 valence electrons. The van der Waals surface area contributed by atoms with Gasteiger partial charge in [0.05, 0.1) is 0 Å². The second-order valence-electron chi connectivity index (χ2n) is 4.17. The Morgan fingerprint density at radius 2 is 2.27 bits per heavy atom. The SMILES string of the molecule is C[C@@H]1NCCc2c1[nH]c1cc(O)ccc21. The number of aromatic amines is 1. The number of benzene rings is 1. The number of hydrogen-bond donors (Lipinski definition) is 3. The Balaban J connectivity index is 2.30. The predicted octanol–water partition coefficient (Wildman–Crippen LogP) is 2.08. The van der Waals surface area contributed by atoms with E-state index in [-0.39, 0.29) is 0 Å². The van der Waals surface area contributed by atoms with Crippen LogP contribution in [0.5, 0.6) is 5.75 Å². The molecule has 3 N–H and O–H groups in total. The zero-order valence-corrected chi connectivity index (χ0v) is 8.67. The van der Waals surface area contributed by atoms with Crippen molar-refractivity contribution in [1.29, 1.82) is 0 Å². The molecule has 1 atom stereocenters. The molecule has 1 aliphatic heterocycles. The van der Waals surface area contributed by atoms with Gasteiger partial charge in [0.1, 0.15) is 5.75 Å². The number of rotatable bonds is 0. The summed E-state index contributed by atoms with van der Waals surface area (Å²) in [6.45, 7) is 3.19. The summed E-state index contributed by atoms with van der Waals surface area (Å²) in [5, 5.41) is 14.1. The van der Waals surface area contributed by atoms with Crippen molar-refractivity contribution in [2.24, 2.45) is 0 Å². The molecule has 0 unspecified atom stereocenters. The molecule has 0 saturated heterocycles. The normalized spacial score (nSPS) is 20.5. The van der Waals surface area contributed by atoms with Gasteiger partial charge in [-0.2, -0.15) is 0 Å². The van der Waals surface area contributed by atoms with Gasteiger partial charge in [-0.25, -0.2) is 0 Å². The molecule has 0 amide bonds. The number of fused-ring (bicyclic) bond motifs is 3. The molecule has 0 saturated carbocycles. The molecule has 1 aliphatic rings. The number of H-pyrrole nitrogens is 1. The number of phenolic OH excluding ortho intramolecular Hbond substituents is 1. The van der Waals surface area contributed by atoms with Crippen LogP contribution in [0.4, 0.5) is 0 Å². The van der Waals surface area contributed by atoms with E-state index in [0.717, 1.165) is 18.5 Å². The predicted molar refractivity (Wildman–Crippen MR) is 60.1 cm³/mol. The Morgan fingerprint density at radius 1 is 1.40 bits per heavy atom. The molecule has 0 radical (unpaired) electrons. The molecule has 3 rings (SSSR count). The third-order valence-electron chi connectivity index (χ3n) is 3.18. The van der Waals surface area contributed by atoms with Gasteiger partial charge in [-0.05, 0) is 37.6 Å². The van der Waals surface area contributed by atoms with Crippen LogP contribution in [-0.4, -0.2) is 16.6 Å². The molecule has 0 bridgehead atoms. The van der Waals surface area contributed by atoms with Crippen molar-refractivity contribution in [1.82, 2.24) is 10.3 Å². The molecule has 0 aliphatic carbocycles. The van der Waals surface area contributed by atoms with E-state index in [9.17, 15) is 5.11 Å². The molecule has 2 aromatic rings. The zero-order chi connectivity index (χ0) is 10.4. The van der Waals surface area contributed by atoms with E-state index in [0.29, 0.717) is 11.8 Å². The summed E-state index contributed by atoms with van der Waals surface area (Å²) in [6, 6.07) is 5.92. The molecule has 15 heavy (non-hydrogen) atoms. The highest BCUT2D eigenvalue weighted by atomic mass is 16.3. The Morgan fingerprint density at radius 3 is 3.13 bits per heavy atom. The van der Waals surface area contributed by atoms with Gasteiger partial charge in [0.2, 0.25) is 0 Å². The topological polar surface area (TPSA) is 48.0 Å². The maximum atomic E-state index is 9.42. The average Bonchev–Trinajstić information content (AvgIpc) is 2.57.